The van der Waals surface area contributed by atoms with Crippen LogP contribution < -0.4 is 40.0 Å². The standard InChI is InChI=1S/C13H13N3O6S.Na/c14-6-2-1-3-9(23)15-8-7-21-16(11(8)18)13(12(19)20)5-4-10(17)22-13;/h1-2,8H,3-5,7H2,(H,15,23)(H,19,20);/q;+1/p-1/b2-1+;/t8-,13?;/m0./s1. The molecule has 2 saturated heterocycles. The summed E-state index contributed by atoms with van der Waals surface area (Å²) in [6.07, 6.45) is 2.59. The van der Waals surface area contributed by atoms with E-state index in [9.17, 15) is 19.5 Å². The predicted molar refractivity (Wildman–Crippen MR) is 74.8 cm³/mol. The number of allylic oxidation sites excluding steroid dienone is 1. The summed E-state index contributed by atoms with van der Waals surface area (Å²) in [7, 11) is 0. The van der Waals surface area contributed by atoms with Gasteiger partial charge in [-0.1, -0.05) is 18.3 Å². The topological polar surface area (TPSA) is 132 Å². The Balaban J connectivity index is 0.00000288. The van der Waals surface area contributed by atoms with Crippen LogP contribution in [0.5, 0.6) is 0 Å². The van der Waals surface area contributed by atoms with E-state index < -0.39 is 29.6 Å². The van der Waals surface area contributed by atoms with Gasteiger partial charge >= 0.3 is 35.5 Å². The Hall–Kier alpha value is -1.51. The van der Waals surface area contributed by atoms with Crippen LogP contribution in [-0.2, 0) is 24.0 Å². The maximum Gasteiger partial charge on any atom is 1.00 e. The molecule has 1 N–H and O–H groups in total. The van der Waals surface area contributed by atoms with Crippen molar-refractivity contribution >= 4 is 35.1 Å². The van der Waals surface area contributed by atoms with Gasteiger partial charge in [-0.05, 0) is 0 Å². The fourth-order valence-electron chi connectivity index (χ4n) is 2.21. The molecule has 2 heterocycles. The van der Waals surface area contributed by atoms with E-state index in [1.165, 1.54) is 12.2 Å². The van der Waals surface area contributed by atoms with Gasteiger partial charge in [0.25, 0.3) is 11.6 Å². The molecule has 2 aliphatic heterocycles. The molecule has 0 aliphatic carbocycles. The van der Waals surface area contributed by atoms with E-state index in [1.807, 2.05) is 0 Å². The van der Waals surface area contributed by atoms with E-state index in [1.54, 1.807) is 6.07 Å². The molecule has 0 radical (unpaired) electrons. The fraction of sp³-hybridized carbons (Fsp3) is 0.462. The minimum Gasteiger partial charge on any atom is -0.544 e. The monoisotopic (exact) mass is 361 g/mol. The normalized spacial score (nSPS) is 26.0. The number of rotatable bonds is 5. The second-order valence-electron chi connectivity index (χ2n) is 4.83. The van der Waals surface area contributed by atoms with Crippen molar-refractivity contribution in [1.29, 1.82) is 5.26 Å². The van der Waals surface area contributed by atoms with Crippen LogP contribution in [0.1, 0.15) is 19.3 Å². The molecule has 1 amide bonds. The largest absolute Gasteiger partial charge is 1.00 e. The number of carbonyl (C=O) groups excluding carboxylic acids is 3. The molecule has 2 rings (SSSR count). The molecule has 0 aromatic heterocycles. The van der Waals surface area contributed by atoms with Crippen LogP contribution in [0.15, 0.2) is 12.2 Å². The average molecular weight is 361 g/mol. The second-order valence-corrected chi connectivity index (χ2v) is 5.32. The van der Waals surface area contributed by atoms with Crippen molar-refractivity contribution in [2.75, 3.05) is 6.61 Å². The number of carboxylic acid groups (broad SMARTS) is 1. The summed E-state index contributed by atoms with van der Waals surface area (Å²) < 4.78 is 4.77. The molecule has 2 aliphatic rings. The summed E-state index contributed by atoms with van der Waals surface area (Å²) in [6, 6.07) is 0.894. The Morgan fingerprint density at radius 1 is 1.58 bits per heavy atom. The molecule has 0 aromatic carbocycles. The molecule has 1 unspecified atom stereocenters. The van der Waals surface area contributed by atoms with Gasteiger partial charge in [-0.25, -0.2) is 0 Å². The smallest absolute Gasteiger partial charge is 0.544 e. The molecule has 0 saturated carbocycles. The summed E-state index contributed by atoms with van der Waals surface area (Å²) >= 11 is 5.02. The number of carboxylic acids is 1. The van der Waals surface area contributed by atoms with E-state index in [-0.39, 0.29) is 60.4 Å². The molecule has 0 bridgehead atoms. The minimum atomic E-state index is -2.24. The number of hydroxylamine groups is 2. The van der Waals surface area contributed by atoms with Gasteiger partial charge in [-0.15, -0.1) is 0 Å². The van der Waals surface area contributed by atoms with Gasteiger partial charge in [0.1, 0.15) is 18.6 Å². The number of cyclic esters (lactones) is 1. The van der Waals surface area contributed by atoms with E-state index in [4.69, 9.17) is 27.1 Å². The minimum absolute atomic E-state index is 0. The van der Waals surface area contributed by atoms with Crippen molar-refractivity contribution in [3.8, 4) is 6.07 Å². The van der Waals surface area contributed by atoms with Gasteiger partial charge in [0.05, 0.1) is 17.5 Å². The third kappa shape index (κ3) is 4.12. The summed E-state index contributed by atoms with van der Waals surface area (Å²) in [5, 5.41) is 23.0. The number of amides is 1. The number of aliphatic carboxylic acids is 1. The van der Waals surface area contributed by atoms with E-state index in [0.29, 0.717) is 5.06 Å². The van der Waals surface area contributed by atoms with Crippen molar-refractivity contribution in [2.24, 2.45) is 0 Å². The maximum atomic E-state index is 12.3. The summed E-state index contributed by atoms with van der Waals surface area (Å²) in [6.45, 7) is -0.173. The van der Waals surface area contributed by atoms with Crippen LogP contribution in [0.2, 0.25) is 0 Å². The number of ether oxygens (including phenoxy) is 1. The molecule has 2 atom stereocenters. The van der Waals surface area contributed by atoms with Crippen LogP contribution in [-0.4, -0.2) is 46.3 Å². The first-order valence-electron chi connectivity index (χ1n) is 6.65. The molecule has 122 valence electrons. The van der Waals surface area contributed by atoms with Crippen molar-refractivity contribution < 1.29 is 58.6 Å². The molecule has 2 fully saturated rings. The molecular weight excluding hydrogens is 349 g/mol. The van der Waals surface area contributed by atoms with Crippen molar-refractivity contribution in [3.05, 3.63) is 12.2 Å². The van der Waals surface area contributed by atoms with Crippen LogP contribution in [0, 0.1) is 11.3 Å². The van der Waals surface area contributed by atoms with Gasteiger partial charge in [0.2, 0.25) is 0 Å². The number of hydrogen-bond donors (Lipinski definition) is 1. The van der Waals surface area contributed by atoms with E-state index >= 15 is 0 Å². The Labute approximate surface area is 164 Å². The quantitative estimate of drug-likeness (QED) is 0.222. The molecule has 11 heteroatoms. The number of nitrogens with one attached hydrogen (secondary N) is 1. The summed E-state index contributed by atoms with van der Waals surface area (Å²) in [5.41, 5.74) is -2.24. The molecular formula is C13H12N3NaO6S. The van der Waals surface area contributed by atoms with Gasteiger partial charge in [-0.2, -0.15) is 10.3 Å². The first-order valence-corrected chi connectivity index (χ1v) is 7.06. The fourth-order valence-corrected chi connectivity index (χ4v) is 2.45. The third-order valence-electron chi connectivity index (χ3n) is 3.30. The average Bonchev–Trinajstić information content (AvgIpc) is 3.05. The van der Waals surface area contributed by atoms with Crippen molar-refractivity contribution in [1.82, 2.24) is 10.4 Å². The SMILES string of the molecule is N#C/C=C/CC(=S)N[C@H]1CON(C2(C(=O)[O-])CCC(=O)O2)C1=O.[Na+]. The Kier molecular flexibility index (Phi) is 7.31. The van der Waals surface area contributed by atoms with Crippen LogP contribution in [0.25, 0.3) is 0 Å². The Morgan fingerprint density at radius 2 is 2.29 bits per heavy atom. The molecule has 9 nitrogen and oxygen atoms in total. The van der Waals surface area contributed by atoms with E-state index in [2.05, 4.69) is 5.32 Å². The molecule has 0 aromatic rings. The second kappa shape index (κ2) is 8.55. The predicted octanol–water partition coefficient (Wildman–Crippen LogP) is -4.70. The number of nitrogens with zero attached hydrogens (tertiary/aromatic N) is 2. The zero-order valence-corrected chi connectivity index (χ0v) is 15.6. The zero-order valence-electron chi connectivity index (χ0n) is 12.8. The number of carbonyl (C=O) groups is 3. The Bertz CT molecular complexity index is 634. The first kappa shape index (κ1) is 20.5. The van der Waals surface area contributed by atoms with Gasteiger partial charge in [0.15, 0.2) is 0 Å². The van der Waals surface area contributed by atoms with Crippen molar-refractivity contribution in [3.63, 3.8) is 0 Å². The zero-order chi connectivity index (χ0) is 17.0. The maximum absolute atomic E-state index is 12.3. The summed E-state index contributed by atoms with van der Waals surface area (Å²) in [4.78, 5) is 40.3. The first-order chi connectivity index (χ1) is 10.9. The number of esters is 1. The van der Waals surface area contributed by atoms with Gasteiger partial charge in [0, 0.05) is 18.9 Å². The molecule has 24 heavy (non-hydrogen) atoms. The van der Waals surface area contributed by atoms with Crippen LogP contribution in [0.3, 0.4) is 0 Å². The number of nitriles is 1. The van der Waals surface area contributed by atoms with Crippen LogP contribution >= 0.6 is 12.2 Å². The third-order valence-corrected chi connectivity index (χ3v) is 3.58. The van der Waals surface area contributed by atoms with E-state index in [0.717, 1.165) is 0 Å². The number of thiocarbonyl (C=S) groups is 1. The summed E-state index contributed by atoms with van der Waals surface area (Å²) in [5.74, 6) is -3.20. The Morgan fingerprint density at radius 3 is 2.83 bits per heavy atom. The van der Waals surface area contributed by atoms with Crippen LogP contribution in [0.4, 0.5) is 0 Å². The van der Waals surface area contributed by atoms with Crippen molar-refractivity contribution in [2.45, 2.75) is 31.0 Å². The van der Waals surface area contributed by atoms with Gasteiger partial charge in [-0.3, -0.25) is 14.4 Å². The molecule has 0 spiro atoms. The van der Waals surface area contributed by atoms with Gasteiger partial charge < -0.3 is 20.0 Å². The number of hydrogen-bond acceptors (Lipinski definition) is 8.